The Morgan fingerprint density at radius 2 is 0.635 bits per heavy atom. The Hall–Kier alpha value is -6.25. The van der Waals surface area contributed by atoms with Gasteiger partial charge in [0.1, 0.15) is 34.5 Å². The number of nitrogens with zero attached hydrogens (tertiary/aromatic N) is 9. The van der Waals surface area contributed by atoms with E-state index in [1.165, 1.54) is 0 Å². The standard InChI is InChI=1S/3C12H6F2N3.Ir/c3*13-8-5-6-9(14)12(7-8)17-15-10-3-1-2-4-11(10)16-17;/h3*1,3-7H;/q3*-1;+3. The molecule has 0 N–H and O–H groups in total. The van der Waals surface area contributed by atoms with Crippen molar-refractivity contribution in [2.24, 2.45) is 0 Å². The summed E-state index contributed by atoms with van der Waals surface area (Å²) < 4.78 is 79.7. The molecule has 0 atom stereocenters. The third-order valence-corrected chi connectivity index (χ3v) is 7.05. The van der Waals surface area contributed by atoms with Crippen molar-refractivity contribution in [2.75, 3.05) is 0 Å². The number of hydrogen-bond acceptors (Lipinski definition) is 6. The minimum Gasteiger partial charge on any atom is -0.215 e. The maximum absolute atomic E-state index is 13.5. The number of rotatable bonds is 3. The summed E-state index contributed by atoms with van der Waals surface area (Å²) in [5.41, 5.74) is 3.51. The van der Waals surface area contributed by atoms with Gasteiger partial charge >= 0.3 is 20.1 Å². The normalized spacial score (nSPS) is 10.7. The third kappa shape index (κ3) is 7.72. The van der Waals surface area contributed by atoms with Gasteiger partial charge in [-0.15, -0.1) is 36.4 Å². The van der Waals surface area contributed by atoms with E-state index in [0.29, 0.717) is 33.1 Å². The molecule has 0 aliphatic carbocycles. The Bertz CT molecular complexity index is 2270. The van der Waals surface area contributed by atoms with Crippen LogP contribution in [-0.4, -0.2) is 45.0 Å². The zero-order chi connectivity index (χ0) is 35.5. The Morgan fingerprint density at radius 3 is 0.904 bits per heavy atom. The van der Waals surface area contributed by atoms with E-state index in [1.807, 2.05) is 0 Å². The molecule has 9 nitrogen and oxygen atoms in total. The first-order chi connectivity index (χ1) is 24.7. The second-order valence-corrected chi connectivity index (χ2v) is 10.5. The van der Waals surface area contributed by atoms with Gasteiger partial charge < -0.3 is 0 Å². The molecule has 0 bridgehead atoms. The molecule has 0 unspecified atom stereocenters. The molecular formula is C36H18F6IrN9. The topological polar surface area (TPSA) is 92.1 Å². The van der Waals surface area contributed by atoms with Crippen molar-refractivity contribution in [3.05, 3.63) is 162 Å². The van der Waals surface area contributed by atoms with Gasteiger partial charge in [-0.2, -0.15) is 66.1 Å². The van der Waals surface area contributed by atoms with Crippen LogP contribution in [0.4, 0.5) is 26.3 Å². The predicted octanol–water partition coefficient (Wildman–Crippen LogP) is 7.49. The van der Waals surface area contributed by atoms with Gasteiger partial charge in [-0.3, -0.25) is 0 Å². The van der Waals surface area contributed by atoms with E-state index in [-0.39, 0.29) is 37.2 Å². The fourth-order valence-electron chi connectivity index (χ4n) is 4.65. The summed E-state index contributed by atoms with van der Waals surface area (Å²) in [5, 5.41) is 24.3. The average molecular weight is 883 g/mol. The molecule has 3 aromatic heterocycles. The monoisotopic (exact) mass is 883 g/mol. The zero-order valence-electron chi connectivity index (χ0n) is 26.0. The van der Waals surface area contributed by atoms with E-state index in [0.717, 1.165) is 69.0 Å². The number of fused-ring (bicyclic) bond motifs is 3. The maximum Gasteiger partial charge on any atom is 3.00 e. The van der Waals surface area contributed by atoms with Crippen LogP contribution in [0.5, 0.6) is 0 Å². The SMILES string of the molecule is Fc1ccc(F)c(-n2nc3c[c-]ccc3n2)c1.Fc1ccc(F)c(-n2nc3c[c-]ccc3n2)c1.Fc1ccc(F)c(-n2nc3c[c-]ccc3n2)c1.[Ir+3]. The first-order valence-corrected chi connectivity index (χ1v) is 14.8. The molecule has 52 heavy (non-hydrogen) atoms. The van der Waals surface area contributed by atoms with Crippen LogP contribution in [0.1, 0.15) is 0 Å². The molecule has 16 heteroatoms. The molecule has 9 aromatic rings. The number of aromatic nitrogens is 9. The van der Waals surface area contributed by atoms with Crippen LogP contribution < -0.4 is 0 Å². The van der Waals surface area contributed by atoms with Crippen LogP contribution in [0, 0.1) is 53.1 Å². The number of halogens is 6. The van der Waals surface area contributed by atoms with Gasteiger partial charge in [0.15, 0.2) is 17.5 Å². The smallest absolute Gasteiger partial charge is 0.215 e. The summed E-state index contributed by atoms with van der Waals surface area (Å²) in [4.78, 5) is 3.24. The molecule has 0 aliphatic heterocycles. The van der Waals surface area contributed by atoms with Gasteiger partial charge in [-0.05, 0) is 36.4 Å². The van der Waals surface area contributed by atoms with E-state index in [2.05, 4.69) is 48.8 Å². The minimum absolute atomic E-state index is 0. The van der Waals surface area contributed by atoms with E-state index in [4.69, 9.17) is 0 Å². The molecule has 0 fully saturated rings. The van der Waals surface area contributed by atoms with E-state index in [9.17, 15) is 26.3 Å². The molecule has 6 aromatic carbocycles. The molecule has 9 rings (SSSR count). The molecule has 0 amide bonds. The summed E-state index contributed by atoms with van der Waals surface area (Å²) in [6.07, 6.45) is 0. The minimum atomic E-state index is -0.573. The van der Waals surface area contributed by atoms with Gasteiger partial charge in [0, 0.05) is 51.3 Å². The van der Waals surface area contributed by atoms with Gasteiger partial charge in [0.05, 0.1) is 0 Å². The van der Waals surface area contributed by atoms with E-state index >= 15 is 0 Å². The Balaban J connectivity index is 0.000000133. The maximum atomic E-state index is 13.5. The average Bonchev–Trinajstić information content (AvgIpc) is 3.88. The molecule has 0 spiro atoms. The fourth-order valence-corrected chi connectivity index (χ4v) is 4.65. The molecular weight excluding hydrogens is 865 g/mol. The van der Waals surface area contributed by atoms with Crippen molar-refractivity contribution in [1.29, 1.82) is 0 Å². The van der Waals surface area contributed by atoms with Crippen molar-refractivity contribution in [3.8, 4) is 17.1 Å². The zero-order valence-corrected chi connectivity index (χ0v) is 28.4. The summed E-state index contributed by atoms with van der Waals surface area (Å²) >= 11 is 0. The van der Waals surface area contributed by atoms with E-state index < -0.39 is 34.9 Å². The molecule has 258 valence electrons. The first-order valence-electron chi connectivity index (χ1n) is 14.8. The van der Waals surface area contributed by atoms with Gasteiger partial charge in [0.2, 0.25) is 0 Å². The van der Waals surface area contributed by atoms with Gasteiger partial charge in [0.25, 0.3) is 0 Å². The summed E-state index contributed by atoms with van der Waals surface area (Å²) in [7, 11) is 0. The third-order valence-electron chi connectivity index (χ3n) is 7.05. The van der Waals surface area contributed by atoms with Crippen LogP contribution in [0.2, 0.25) is 0 Å². The molecule has 0 aliphatic rings. The molecule has 0 saturated carbocycles. The predicted molar refractivity (Wildman–Crippen MR) is 173 cm³/mol. The largest absolute Gasteiger partial charge is 3.00 e. The Labute approximate surface area is 303 Å². The van der Waals surface area contributed by atoms with Crippen molar-refractivity contribution < 1.29 is 46.4 Å². The second-order valence-electron chi connectivity index (χ2n) is 10.5. The molecule has 0 radical (unpaired) electrons. The second kappa shape index (κ2) is 15.3. The number of hydrogen-bond donors (Lipinski definition) is 0. The van der Waals surface area contributed by atoms with E-state index in [1.54, 1.807) is 54.6 Å². The molecule has 3 heterocycles. The fraction of sp³-hybridized carbons (Fsp3) is 0. The summed E-state index contributed by atoms with van der Waals surface area (Å²) in [6, 6.07) is 33.1. The Kier molecular flexibility index (Phi) is 10.5. The van der Waals surface area contributed by atoms with Crippen LogP contribution in [0.15, 0.2) is 109 Å². The van der Waals surface area contributed by atoms with Crippen molar-refractivity contribution in [3.63, 3.8) is 0 Å². The summed E-state index contributed by atoms with van der Waals surface area (Å²) in [5.74, 6) is -3.32. The van der Waals surface area contributed by atoms with Crippen molar-refractivity contribution in [2.45, 2.75) is 0 Å². The van der Waals surface area contributed by atoms with Crippen LogP contribution >= 0.6 is 0 Å². The quantitative estimate of drug-likeness (QED) is 0.135. The van der Waals surface area contributed by atoms with Crippen LogP contribution in [0.25, 0.3) is 50.2 Å². The van der Waals surface area contributed by atoms with Crippen LogP contribution in [-0.2, 0) is 20.1 Å². The Morgan fingerprint density at radius 1 is 0.365 bits per heavy atom. The van der Waals surface area contributed by atoms with Gasteiger partial charge in [-0.25, -0.2) is 41.6 Å². The van der Waals surface area contributed by atoms with Crippen molar-refractivity contribution >= 4 is 33.1 Å². The summed E-state index contributed by atoms with van der Waals surface area (Å²) in [6.45, 7) is 0. The van der Waals surface area contributed by atoms with Gasteiger partial charge in [-0.1, -0.05) is 0 Å². The first kappa shape index (κ1) is 35.6. The molecule has 0 saturated heterocycles. The van der Waals surface area contributed by atoms with Crippen molar-refractivity contribution in [1.82, 2.24) is 45.0 Å². The van der Waals surface area contributed by atoms with Crippen LogP contribution in [0.3, 0.4) is 0 Å². The number of benzene rings is 6.